The Labute approximate surface area is 100.0 Å². The largest absolute Gasteiger partial charge is 0.395 e. The number of hydrogen-bond acceptors (Lipinski definition) is 4. The lowest BCUT2D eigenvalue weighted by molar-refractivity contribution is 0.190. The minimum Gasteiger partial charge on any atom is -0.395 e. The Kier molecular flexibility index (Phi) is 12.8. The number of aliphatic hydroxyl groups excluding tert-OH is 1. The quantitative estimate of drug-likeness (QED) is 0.429. The van der Waals surface area contributed by atoms with Crippen LogP contribution in [0.1, 0.15) is 38.5 Å². The van der Waals surface area contributed by atoms with E-state index in [-0.39, 0.29) is 6.61 Å². The van der Waals surface area contributed by atoms with E-state index >= 15 is 0 Å². The average Bonchev–Trinajstić information content (AvgIpc) is 2.30. The minimum absolute atomic E-state index is 0.258. The number of aliphatic hydroxyl groups is 1. The highest BCUT2D eigenvalue weighted by atomic mass is 16.3. The van der Waals surface area contributed by atoms with Gasteiger partial charge in [-0.3, -0.25) is 0 Å². The van der Waals surface area contributed by atoms with Gasteiger partial charge in [0, 0.05) is 6.54 Å². The summed E-state index contributed by atoms with van der Waals surface area (Å²) in [7, 11) is 0. The molecule has 0 radical (unpaired) electrons. The van der Waals surface area contributed by atoms with Gasteiger partial charge in [-0.25, -0.2) is 0 Å². The average molecular weight is 231 g/mol. The van der Waals surface area contributed by atoms with E-state index in [9.17, 15) is 0 Å². The number of unbranched alkanes of at least 4 members (excludes halogenated alkanes) is 4. The summed E-state index contributed by atoms with van der Waals surface area (Å²) in [5, 5.41) is 8.96. The smallest absolute Gasteiger partial charge is 0.0558 e. The van der Waals surface area contributed by atoms with Crippen LogP contribution in [0.25, 0.3) is 0 Å². The molecule has 5 N–H and O–H groups in total. The Morgan fingerprint density at radius 1 is 0.688 bits per heavy atom. The van der Waals surface area contributed by atoms with Crippen molar-refractivity contribution in [3.05, 3.63) is 0 Å². The molecule has 16 heavy (non-hydrogen) atoms. The highest BCUT2D eigenvalue weighted by Crippen LogP contribution is 2.01. The fourth-order valence-corrected chi connectivity index (χ4v) is 1.79. The maximum Gasteiger partial charge on any atom is 0.0558 e. The zero-order chi connectivity index (χ0) is 12.1. The van der Waals surface area contributed by atoms with Crippen LogP contribution in [0.5, 0.6) is 0 Å². The fourth-order valence-electron chi connectivity index (χ4n) is 1.79. The number of nitrogens with two attached hydrogens (primary N) is 2. The molecule has 0 bridgehead atoms. The zero-order valence-corrected chi connectivity index (χ0v) is 10.5. The van der Waals surface area contributed by atoms with Crippen molar-refractivity contribution in [2.75, 3.05) is 39.3 Å². The molecule has 0 aromatic rings. The lowest BCUT2D eigenvalue weighted by atomic mass is 10.2. The molecule has 0 saturated carbocycles. The third-order valence-corrected chi connectivity index (χ3v) is 2.77. The van der Waals surface area contributed by atoms with Gasteiger partial charge in [0.15, 0.2) is 0 Å². The van der Waals surface area contributed by atoms with Gasteiger partial charge in [-0.05, 0) is 51.9 Å². The first-order valence-electron chi connectivity index (χ1n) is 6.58. The number of hydrogen-bond donors (Lipinski definition) is 3. The van der Waals surface area contributed by atoms with E-state index in [1.165, 1.54) is 25.7 Å². The highest BCUT2D eigenvalue weighted by molar-refractivity contribution is 4.58. The SMILES string of the molecule is NCCCCCN(CCO)CCCCCN. The molecule has 0 aliphatic carbocycles. The van der Waals surface area contributed by atoms with E-state index in [0.29, 0.717) is 0 Å². The lowest BCUT2D eigenvalue weighted by Gasteiger charge is -2.21. The molecule has 0 saturated heterocycles. The van der Waals surface area contributed by atoms with E-state index in [2.05, 4.69) is 4.90 Å². The Bertz CT molecular complexity index is 121. The Morgan fingerprint density at radius 3 is 1.56 bits per heavy atom. The Morgan fingerprint density at radius 2 is 1.19 bits per heavy atom. The molecule has 0 aromatic carbocycles. The minimum atomic E-state index is 0.258. The maximum absolute atomic E-state index is 8.96. The third kappa shape index (κ3) is 10.4. The predicted octanol–water partition coefficient (Wildman–Crippen LogP) is 0.539. The van der Waals surface area contributed by atoms with Gasteiger partial charge in [0.1, 0.15) is 0 Å². The van der Waals surface area contributed by atoms with E-state index in [4.69, 9.17) is 16.6 Å². The first kappa shape index (κ1) is 15.8. The van der Waals surface area contributed by atoms with Crippen LogP contribution in [-0.2, 0) is 0 Å². The van der Waals surface area contributed by atoms with E-state index in [1.807, 2.05) is 0 Å². The Balaban J connectivity index is 3.45. The van der Waals surface area contributed by atoms with Crippen molar-refractivity contribution < 1.29 is 5.11 Å². The van der Waals surface area contributed by atoms with Crippen LogP contribution in [0, 0.1) is 0 Å². The van der Waals surface area contributed by atoms with Gasteiger partial charge in [0.2, 0.25) is 0 Å². The van der Waals surface area contributed by atoms with Gasteiger partial charge in [-0.2, -0.15) is 0 Å². The van der Waals surface area contributed by atoms with Crippen molar-refractivity contribution in [2.45, 2.75) is 38.5 Å². The van der Waals surface area contributed by atoms with Crippen molar-refractivity contribution in [3.8, 4) is 0 Å². The van der Waals surface area contributed by atoms with Crippen LogP contribution in [0.2, 0.25) is 0 Å². The summed E-state index contributed by atoms with van der Waals surface area (Å²) < 4.78 is 0. The molecule has 98 valence electrons. The summed E-state index contributed by atoms with van der Waals surface area (Å²) in [6, 6.07) is 0. The second-order valence-corrected chi connectivity index (χ2v) is 4.26. The summed E-state index contributed by atoms with van der Waals surface area (Å²) in [5.74, 6) is 0. The molecular formula is C12H29N3O. The van der Waals surface area contributed by atoms with E-state index < -0.39 is 0 Å². The van der Waals surface area contributed by atoms with Gasteiger partial charge < -0.3 is 21.5 Å². The van der Waals surface area contributed by atoms with Crippen LogP contribution < -0.4 is 11.5 Å². The fraction of sp³-hybridized carbons (Fsp3) is 1.00. The van der Waals surface area contributed by atoms with Crippen LogP contribution in [0.15, 0.2) is 0 Å². The summed E-state index contributed by atoms with van der Waals surface area (Å²) in [5.41, 5.74) is 10.9. The lowest BCUT2D eigenvalue weighted by Crippen LogP contribution is -2.29. The molecule has 0 spiro atoms. The molecule has 4 nitrogen and oxygen atoms in total. The normalized spacial score (nSPS) is 11.2. The standard InChI is InChI=1S/C12H29N3O/c13-7-3-1-5-9-15(11-12-16)10-6-2-4-8-14/h16H,1-14H2. The van der Waals surface area contributed by atoms with Crippen molar-refractivity contribution in [2.24, 2.45) is 11.5 Å². The topological polar surface area (TPSA) is 75.5 Å². The third-order valence-electron chi connectivity index (χ3n) is 2.77. The molecule has 4 heteroatoms. The monoisotopic (exact) mass is 231 g/mol. The second kappa shape index (κ2) is 12.9. The molecule has 0 rings (SSSR count). The summed E-state index contributed by atoms with van der Waals surface area (Å²) in [6.07, 6.45) is 6.99. The molecule has 0 unspecified atom stereocenters. The van der Waals surface area contributed by atoms with Crippen LogP contribution >= 0.6 is 0 Å². The molecule has 0 aliphatic heterocycles. The van der Waals surface area contributed by atoms with Gasteiger partial charge in [0.05, 0.1) is 6.61 Å². The first-order valence-corrected chi connectivity index (χ1v) is 6.58. The second-order valence-electron chi connectivity index (χ2n) is 4.26. The molecule has 0 atom stereocenters. The van der Waals surface area contributed by atoms with Crippen molar-refractivity contribution in [1.29, 1.82) is 0 Å². The van der Waals surface area contributed by atoms with Crippen molar-refractivity contribution in [3.63, 3.8) is 0 Å². The molecule has 0 amide bonds. The molecule has 0 fully saturated rings. The zero-order valence-electron chi connectivity index (χ0n) is 10.5. The van der Waals surface area contributed by atoms with E-state index in [1.54, 1.807) is 0 Å². The van der Waals surface area contributed by atoms with Gasteiger partial charge in [-0.1, -0.05) is 12.8 Å². The molecule has 0 aliphatic rings. The van der Waals surface area contributed by atoms with Gasteiger partial charge >= 0.3 is 0 Å². The molecule has 0 heterocycles. The molecule has 0 aromatic heterocycles. The first-order chi connectivity index (χ1) is 7.85. The van der Waals surface area contributed by atoms with Crippen molar-refractivity contribution >= 4 is 0 Å². The molecular weight excluding hydrogens is 202 g/mol. The summed E-state index contributed by atoms with van der Waals surface area (Å²) >= 11 is 0. The number of nitrogens with zero attached hydrogens (tertiary/aromatic N) is 1. The van der Waals surface area contributed by atoms with Gasteiger partial charge in [-0.15, -0.1) is 0 Å². The van der Waals surface area contributed by atoms with Crippen molar-refractivity contribution in [1.82, 2.24) is 4.90 Å². The number of rotatable bonds is 12. The maximum atomic E-state index is 8.96. The predicted molar refractivity (Wildman–Crippen MR) is 69.3 cm³/mol. The van der Waals surface area contributed by atoms with Gasteiger partial charge in [0.25, 0.3) is 0 Å². The van der Waals surface area contributed by atoms with E-state index in [0.717, 1.165) is 45.6 Å². The van der Waals surface area contributed by atoms with Crippen LogP contribution in [0.3, 0.4) is 0 Å². The van der Waals surface area contributed by atoms with Crippen LogP contribution in [0.4, 0.5) is 0 Å². The van der Waals surface area contributed by atoms with Crippen LogP contribution in [-0.4, -0.2) is 49.3 Å². The summed E-state index contributed by atoms with van der Waals surface area (Å²) in [6.45, 7) is 4.80. The Hall–Kier alpha value is -0.160. The highest BCUT2D eigenvalue weighted by Gasteiger charge is 2.03. The summed E-state index contributed by atoms with van der Waals surface area (Å²) in [4.78, 5) is 2.34.